The van der Waals surface area contributed by atoms with Gasteiger partial charge in [-0.2, -0.15) is 0 Å². The fourth-order valence-electron chi connectivity index (χ4n) is 0.967. The van der Waals surface area contributed by atoms with Gasteiger partial charge in [-0.25, -0.2) is 0 Å². The van der Waals surface area contributed by atoms with Crippen LogP contribution in [-0.4, -0.2) is 9.13 Å². The first-order valence-corrected chi connectivity index (χ1v) is 4.35. The van der Waals surface area contributed by atoms with Gasteiger partial charge in [0.15, 0.2) is 0 Å². The molecule has 70 valence electrons. The van der Waals surface area contributed by atoms with Crippen molar-refractivity contribution in [3.63, 3.8) is 0 Å². The highest BCUT2D eigenvalue weighted by Gasteiger charge is 1.82. The highest BCUT2D eigenvalue weighted by Crippen LogP contribution is 1.93. The Morgan fingerprint density at radius 1 is 0.923 bits per heavy atom. The summed E-state index contributed by atoms with van der Waals surface area (Å²) in [4.78, 5) is 0. The molecule has 13 heavy (non-hydrogen) atoms. The second-order valence-electron chi connectivity index (χ2n) is 3.11. The molecular weight excluding hydrogens is 160 g/mol. The fraction of sp³-hybridized carbons (Fsp3) is 0.273. The van der Waals surface area contributed by atoms with Crippen LogP contribution in [-0.2, 0) is 14.1 Å². The van der Waals surface area contributed by atoms with E-state index < -0.39 is 0 Å². The monoisotopic (exact) mass is 176 g/mol. The normalized spacial score (nSPS) is 9.15. The molecule has 0 aliphatic heterocycles. The minimum atomic E-state index is 1.31. The van der Waals surface area contributed by atoms with Crippen LogP contribution in [0.3, 0.4) is 0 Å². The number of nitrogens with zero attached hydrogens (tertiary/aromatic N) is 2. The summed E-state index contributed by atoms with van der Waals surface area (Å²) in [6, 6.07) is 8.12. The van der Waals surface area contributed by atoms with Crippen LogP contribution >= 0.6 is 0 Å². The Morgan fingerprint density at radius 3 is 1.69 bits per heavy atom. The molecule has 0 saturated heterocycles. The summed E-state index contributed by atoms with van der Waals surface area (Å²) in [5, 5.41) is 0. The molecule has 0 unspecified atom stereocenters. The number of hydrogen-bond acceptors (Lipinski definition) is 0. The molecule has 2 rings (SSSR count). The van der Waals surface area contributed by atoms with Crippen LogP contribution < -0.4 is 0 Å². The van der Waals surface area contributed by atoms with Gasteiger partial charge in [0, 0.05) is 38.4 Å². The van der Waals surface area contributed by atoms with Crippen molar-refractivity contribution in [3.05, 3.63) is 48.5 Å². The van der Waals surface area contributed by atoms with Crippen LogP contribution in [0.4, 0.5) is 0 Å². The summed E-state index contributed by atoms with van der Waals surface area (Å²) in [6.07, 6.45) is 6.04. The van der Waals surface area contributed by atoms with E-state index in [9.17, 15) is 0 Å². The lowest BCUT2D eigenvalue weighted by Crippen LogP contribution is -1.84. The van der Waals surface area contributed by atoms with Gasteiger partial charge >= 0.3 is 0 Å². The van der Waals surface area contributed by atoms with Gasteiger partial charge in [0.25, 0.3) is 0 Å². The van der Waals surface area contributed by atoms with Crippen molar-refractivity contribution in [3.8, 4) is 0 Å². The van der Waals surface area contributed by atoms with Crippen molar-refractivity contribution in [1.82, 2.24) is 9.13 Å². The standard InChI is InChI=1S/C6H9N.C5H7N/c1-6-4-3-5-7(6)2;1-6-4-2-3-5-6/h3-5H,1-2H3;2-5H,1H3. The van der Waals surface area contributed by atoms with Crippen molar-refractivity contribution >= 4 is 0 Å². The SMILES string of the molecule is Cc1cccn1C.Cn1cccc1. The molecule has 0 aliphatic rings. The van der Waals surface area contributed by atoms with Crippen LogP contribution in [0.2, 0.25) is 0 Å². The maximum Gasteiger partial charge on any atom is 0.0140 e. The van der Waals surface area contributed by atoms with Crippen LogP contribution in [0.25, 0.3) is 0 Å². The van der Waals surface area contributed by atoms with Gasteiger partial charge in [-0.3, -0.25) is 0 Å². The van der Waals surface area contributed by atoms with E-state index in [1.165, 1.54) is 5.69 Å². The molecule has 2 aromatic heterocycles. The first-order chi connectivity index (χ1) is 6.20. The highest BCUT2D eigenvalue weighted by molar-refractivity contribution is 5.02. The summed E-state index contributed by atoms with van der Waals surface area (Å²) in [7, 11) is 4.04. The predicted molar refractivity (Wildman–Crippen MR) is 55.6 cm³/mol. The maximum atomic E-state index is 2.08. The number of hydrogen-bond donors (Lipinski definition) is 0. The molecule has 0 aromatic carbocycles. The van der Waals surface area contributed by atoms with E-state index in [0.29, 0.717) is 0 Å². The van der Waals surface area contributed by atoms with Gasteiger partial charge in [0.2, 0.25) is 0 Å². The first-order valence-electron chi connectivity index (χ1n) is 4.35. The molecule has 0 amide bonds. The van der Waals surface area contributed by atoms with Crippen LogP contribution in [0, 0.1) is 6.92 Å². The van der Waals surface area contributed by atoms with Crippen molar-refractivity contribution in [2.45, 2.75) is 6.92 Å². The zero-order valence-electron chi connectivity index (χ0n) is 8.44. The molecule has 2 heteroatoms. The van der Waals surface area contributed by atoms with E-state index in [2.05, 4.69) is 17.6 Å². The van der Waals surface area contributed by atoms with Gasteiger partial charge in [-0.1, -0.05) is 0 Å². The lowest BCUT2D eigenvalue weighted by Gasteiger charge is -1.89. The zero-order chi connectivity index (χ0) is 9.68. The van der Waals surface area contributed by atoms with Crippen molar-refractivity contribution in [2.24, 2.45) is 14.1 Å². The number of aryl methyl sites for hydroxylation is 3. The molecule has 0 bridgehead atoms. The van der Waals surface area contributed by atoms with E-state index in [4.69, 9.17) is 0 Å². The van der Waals surface area contributed by atoms with E-state index in [-0.39, 0.29) is 0 Å². The average molecular weight is 176 g/mol. The topological polar surface area (TPSA) is 9.86 Å². The molecule has 2 nitrogen and oxygen atoms in total. The Kier molecular flexibility index (Phi) is 3.38. The Bertz CT molecular complexity index is 314. The molecule has 0 aliphatic carbocycles. The van der Waals surface area contributed by atoms with Crippen molar-refractivity contribution in [1.29, 1.82) is 0 Å². The third-order valence-electron chi connectivity index (χ3n) is 1.96. The van der Waals surface area contributed by atoms with Crippen LogP contribution in [0.15, 0.2) is 42.9 Å². The van der Waals surface area contributed by atoms with Gasteiger partial charge in [-0.15, -0.1) is 0 Å². The Balaban J connectivity index is 0.000000132. The second kappa shape index (κ2) is 4.55. The highest BCUT2D eigenvalue weighted by atomic mass is 14.9. The van der Waals surface area contributed by atoms with Crippen molar-refractivity contribution in [2.75, 3.05) is 0 Å². The first kappa shape index (κ1) is 9.65. The molecule has 0 radical (unpaired) electrons. The minimum absolute atomic E-state index is 1.31. The van der Waals surface area contributed by atoms with Gasteiger partial charge in [-0.05, 0) is 31.2 Å². The summed E-state index contributed by atoms with van der Waals surface area (Å²) in [6.45, 7) is 2.08. The van der Waals surface area contributed by atoms with Crippen molar-refractivity contribution < 1.29 is 0 Å². The largest absolute Gasteiger partial charge is 0.357 e. The molecule has 2 heterocycles. The summed E-state index contributed by atoms with van der Waals surface area (Å²) < 4.78 is 4.08. The molecule has 0 N–H and O–H groups in total. The fourth-order valence-corrected chi connectivity index (χ4v) is 0.967. The van der Waals surface area contributed by atoms with Crippen LogP contribution in [0.5, 0.6) is 0 Å². The molecule has 0 fully saturated rings. The minimum Gasteiger partial charge on any atom is -0.357 e. The van der Waals surface area contributed by atoms with E-state index in [1.807, 2.05) is 55.5 Å². The number of rotatable bonds is 0. The van der Waals surface area contributed by atoms with Crippen LogP contribution in [0.1, 0.15) is 5.69 Å². The quantitative estimate of drug-likeness (QED) is 0.583. The van der Waals surface area contributed by atoms with E-state index in [0.717, 1.165) is 0 Å². The Hall–Kier alpha value is -1.44. The third-order valence-corrected chi connectivity index (χ3v) is 1.96. The molecule has 0 atom stereocenters. The van der Waals surface area contributed by atoms with E-state index >= 15 is 0 Å². The summed E-state index contributed by atoms with van der Waals surface area (Å²) >= 11 is 0. The van der Waals surface area contributed by atoms with E-state index in [1.54, 1.807) is 0 Å². The Labute approximate surface area is 79.4 Å². The smallest absolute Gasteiger partial charge is 0.0140 e. The summed E-state index contributed by atoms with van der Waals surface area (Å²) in [5.41, 5.74) is 1.31. The molecule has 0 saturated carbocycles. The lowest BCUT2D eigenvalue weighted by molar-refractivity contribution is 0.882. The number of aromatic nitrogens is 2. The maximum absolute atomic E-state index is 2.08. The average Bonchev–Trinajstić information content (AvgIpc) is 2.67. The van der Waals surface area contributed by atoms with Gasteiger partial charge in [0.05, 0.1) is 0 Å². The zero-order valence-corrected chi connectivity index (χ0v) is 8.44. The molecule has 0 spiro atoms. The third kappa shape index (κ3) is 3.20. The molecular formula is C11H16N2. The van der Waals surface area contributed by atoms with Gasteiger partial charge < -0.3 is 9.13 Å². The molecule has 2 aromatic rings. The predicted octanol–water partition coefficient (Wildman–Crippen LogP) is 2.36. The Morgan fingerprint density at radius 2 is 1.54 bits per heavy atom. The lowest BCUT2D eigenvalue weighted by atomic mass is 10.5. The second-order valence-corrected chi connectivity index (χ2v) is 3.11. The van der Waals surface area contributed by atoms with Gasteiger partial charge in [0.1, 0.15) is 0 Å². The summed E-state index contributed by atoms with van der Waals surface area (Å²) in [5.74, 6) is 0.